The van der Waals surface area contributed by atoms with Crippen molar-refractivity contribution >= 4 is 11.6 Å². The van der Waals surface area contributed by atoms with Crippen molar-refractivity contribution in [3.8, 4) is 11.4 Å². The van der Waals surface area contributed by atoms with Gasteiger partial charge in [0, 0.05) is 5.69 Å². The molecule has 78 valence electrons. The molecule has 2 aromatic heterocycles. The van der Waals surface area contributed by atoms with Gasteiger partial charge in [0.1, 0.15) is 11.4 Å². The van der Waals surface area contributed by atoms with Crippen LogP contribution < -0.4 is 0 Å². The van der Waals surface area contributed by atoms with Crippen LogP contribution in [0.3, 0.4) is 0 Å². The van der Waals surface area contributed by atoms with Crippen LogP contribution in [0.2, 0.25) is 5.15 Å². The Morgan fingerprint density at radius 3 is 2.73 bits per heavy atom. The lowest BCUT2D eigenvalue weighted by atomic mass is 10.1. The van der Waals surface area contributed by atoms with E-state index in [1.807, 2.05) is 6.07 Å². The molecule has 0 unspecified atom stereocenters. The normalized spacial score (nSPS) is 10.9. The smallest absolute Gasteiger partial charge is 0.164 e. The second kappa shape index (κ2) is 4.03. The van der Waals surface area contributed by atoms with Gasteiger partial charge in [0.2, 0.25) is 0 Å². The Morgan fingerprint density at radius 1 is 1.33 bits per heavy atom. The first-order chi connectivity index (χ1) is 7.16. The molecule has 0 atom stereocenters. The first kappa shape index (κ1) is 10.2. The minimum Gasteiger partial charge on any atom is -0.472 e. The largest absolute Gasteiger partial charge is 0.472 e. The summed E-state index contributed by atoms with van der Waals surface area (Å²) in [7, 11) is 0. The van der Waals surface area contributed by atoms with E-state index in [1.165, 1.54) is 0 Å². The maximum Gasteiger partial charge on any atom is 0.164 e. The molecule has 0 aliphatic heterocycles. The van der Waals surface area contributed by atoms with Crippen molar-refractivity contribution in [3.63, 3.8) is 0 Å². The van der Waals surface area contributed by atoms with Crippen LogP contribution in [0.1, 0.15) is 25.5 Å². The monoisotopic (exact) mass is 222 g/mol. The van der Waals surface area contributed by atoms with Crippen LogP contribution >= 0.6 is 11.6 Å². The highest BCUT2D eigenvalue weighted by Crippen LogP contribution is 2.21. The predicted octanol–water partition coefficient (Wildman–Crippen LogP) is 3.51. The minimum atomic E-state index is 0.330. The summed E-state index contributed by atoms with van der Waals surface area (Å²) in [5, 5.41) is 0.463. The van der Waals surface area contributed by atoms with Gasteiger partial charge in [-0.1, -0.05) is 25.4 Å². The van der Waals surface area contributed by atoms with Gasteiger partial charge in [-0.2, -0.15) is 0 Å². The topological polar surface area (TPSA) is 38.9 Å². The Bertz CT molecular complexity index is 452. The lowest BCUT2D eigenvalue weighted by Crippen LogP contribution is -1.97. The van der Waals surface area contributed by atoms with E-state index in [1.54, 1.807) is 18.6 Å². The van der Waals surface area contributed by atoms with Crippen molar-refractivity contribution in [2.75, 3.05) is 0 Å². The summed E-state index contributed by atoms with van der Waals surface area (Å²) in [4.78, 5) is 8.57. The van der Waals surface area contributed by atoms with Crippen molar-refractivity contribution < 1.29 is 4.42 Å². The van der Waals surface area contributed by atoms with Gasteiger partial charge in [-0.05, 0) is 18.1 Å². The summed E-state index contributed by atoms with van der Waals surface area (Å²) < 4.78 is 4.99. The molecule has 15 heavy (non-hydrogen) atoms. The zero-order chi connectivity index (χ0) is 10.8. The molecule has 2 aromatic rings. The molecule has 0 amide bonds. The number of hydrogen-bond acceptors (Lipinski definition) is 3. The Labute approximate surface area is 93.1 Å². The summed E-state index contributed by atoms with van der Waals surface area (Å²) in [6, 6.07) is 3.60. The van der Waals surface area contributed by atoms with Gasteiger partial charge in [-0.25, -0.2) is 9.97 Å². The van der Waals surface area contributed by atoms with Crippen molar-refractivity contribution in [1.82, 2.24) is 9.97 Å². The van der Waals surface area contributed by atoms with Crippen LogP contribution in [0.5, 0.6) is 0 Å². The third kappa shape index (κ3) is 2.18. The summed E-state index contributed by atoms with van der Waals surface area (Å²) in [6.07, 6.45) is 3.20. The first-order valence-corrected chi connectivity index (χ1v) is 5.11. The lowest BCUT2D eigenvalue weighted by molar-refractivity contribution is 0.568. The number of aromatic nitrogens is 2. The number of hydrogen-bond donors (Lipinski definition) is 0. The van der Waals surface area contributed by atoms with Gasteiger partial charge in [-0.3, -0.25) is 0 Å². The lowest BCUT2D eigenvalue weighted by Gasteiger charge is -2.06. The zero-order valence-corrected chi connectivity index (χ0v) is 9.32. The number of rotatable bonds is 2. The van der Waals surface area contributed by atoms with Gasteiger partial charge >= 0.3 is 0 Å². The van der Waals surface area contributed by atoms with Crippen LogP contribution in [-0.2, 0) is 0 Å². The fraction of sp³-hybridized carbons (Fsp3) is 0.273. The SMILES string of the molecule is CC(C)c1cc(Cl)nc(-c2ccoc2)n1. The van der Waals surface area contributed by atoms with E-state index < -0.39 is 0 Å². The van der Waals surface area contributed by atoms with Crippen molar-refractivity contribution in [2.24, 2.45) is 0 Å². The standard InChI is InChI=1S/C11H11ClN2O/c1-7(2)9-5-10(12)14-11(13-9)8-3-4-15-6-8/h3-7H,1-2H3. The highest BCUT2D eigenvalue weighted by atomic mass is 35.5. The molecule has 0 radical (unpaired) electrons. The van der Waals surface area contributed by atoms with Gasteiger partial charge in [-0.15, -0.1) is 0 Å². The zero-order valence-electron chi connectivity index (χ0n) is 8.57. The molecule has 3 nitrogen and oxygen atoms in total. The van der Waals surface area contributed by atoms with Crippen LogP contribution in [0.15, 0.2) is 29.1 Å². The fourth-order valence-corrected chi connectivity index (χ4v) is 1.44. The predicted molar refractivity (Wildman–Crippen MR) is 58.8 cm³/mol. The summed E-state index contributed by atoms with van der Waals surface area (Å²) in [5.74, 6) is 0.941. The average Bonchev–Trinajstić information content (AvgIpc) is 2.69. The second-order valence-electron chi connectivity index (χ2n) is 3.61. The molecule has 0 bridgehead atoms. The molecular formula is C11H11ClN2O. The Kier molecular flexibility index (Phi) is 2.73. The second-order valence-corrected chi connectivity index (χ2v) is 3.99. The maximum absolute atomic E-state index is 5.93. The van der Waals surface area contributed by atoms with Crippen molar-refractivity contribution in [3.05, 3.63) is 35.5 Å². The Balaban J connectivity index is 2.49. The summed E-state index contributed by atoms with van der Waals surface area (Å²) in [5.41, 5.74) is 1.78. The molecule has 0 fully saturated rings. The number of furan rings is 1. The van der Waals surface area contributed by atoms with Crippen molar-refractivity contribution in [1.29, 1.82) is 0 Å². The Morgan fingerprint density at radius 2 is 2.13 bits per heavy atom. The quantitative estimate of drug-likeness (QED) is 0.730. The maximum atomic E-state index is 5.93. The fourth-order valence-electron chi connectivity index (χ4n) is 1.25. The number of halogens is 1. The third-order valence-corrected chi connectivity index (χ3v) is 2.28. The Hall–Kier alpha value is -1.35. The highest BCUT2D eigenvalue weighted by molar-refractivity contribution is 6.29. The molecule has 0 saturated carbocycles. The van der Waals surface area contributed by atoms with E-state index in [-0.39, 0.29) is 0 Å². The van der Waals surface area contributed by atoms with Crippen LogP contribution in [-0.4, -0.2) is 9.97 Å². The third-order valence-electron chi connectivity index (χ3n) is 2.09. The van der Waals surface area contributed by atoms with Gasteiger partial charge in [0.25, 0.3) is 0 Å². The van der Waals surface area contributed by atoms with E-state index in [0.29, 0.717) is 16.9 Å². The highest BCUT2D eigenvalue weighted by Gasteiger charge is 2.08. The molecule has 4 heteroatoms. The summed E-state index contributed by atoms with van der Waals surface area (Å²) in [6.45, 7) is 4.13. The van der Waals surface area contributed by atoms with Crippen LogP contribution in [0, 0.1) is 0 Å². The van der Waals surface area contributed by atoms with Gasteiger partial charge < -0.3 is 4.42 Å². The molecule has 0 aliphatic carbocycles. The van der Waals surface area contributed by atoms with E-state index in [2.05, 4.69) is 23.8 Å². The average molecular weight is 223 g/mol. The van der Waals surface area contributed by atoms with E-state index >= 15 is 0 Å². The molecule has 2 rings (SSSR count). The molecule has 0 spiro atoms. The molecule has 0 N–H and O–H groups in total. The number of nitrogens with zero attached hydrogens (tertiary/aromatic N) is 2. The molecular weight excluding hydrogens is 212 g/mol. The van der Waals surface area contributed by atoms with E-state index in [9.17, 15) is 0 Å². The molecule has 0 saturated heterocycles. The van der Waals surface area contributed by atoms with E-state index in [0.717, 1.165) is 11.3 Å². The minimum absolute atomic E-state index is 0.330. The molecule has 0 aliphatic rings. The molecule has 2 heterocycles. The van der Waals surface area contributed by atoms with Gasteiger partial charge in [0.05, 0.1) is 11.8 Å². The van der Waals surface area contributed by atoms with Crippen LogP contribution in [0.25, 0.3) is 11.4 Å². The van der Waals surface area contributed by atoms with Crippen molar-refractivity contribution in [2.45, 2.75) is 19.8 Å². The molecule has 0 aromatic carbocycles. The first-order valence-electron chi connectivity index (χ1n) is 4.74. The summed E-state index contributed by atoms with van der Waals surface area (Å²) >= 11 is 5.93. The van der Waals surface area contributed by atoms with E-state index in [4.69, 9.17) is 16.0 Å². The van der Waals surface area contributed by atoms with Gasteiger partial charge in [0.15, 0.2) is 5.82 Å². The van der Waals surface area contributed by atoms with Crippen LogP contribution in [0.4, 0.5) is 0 Å².